The van der Waals surface area contributed by atoms with E-state index >= 15 is 0 Å². The van der Waals surface area contributed by atoms with Gasteiger partial charge in [-0.1, -0.05) is 11.8 Å². The van der Waals surface area contributed by atoms with Crippen LogP contribution in [0.15, 0.2) is 34.3 Å². The third kappa shape index (κ3) is 2.26. The van der Waals surface area contributed by atoms with Crippen molar-refractivity contribution in [3.05, 3.63) is 36.0 Å². The van der Waals surface area contributed by atoms with Gasteiger partial charge < -0.3 is 9.40 Å². The molecule has 0 fully saturated rings. The molecule has 16 heavy (non-hydrogen) atoms. The molecule has 0 spiro atoms. The number of hydrogen-bond donors (Lipinski definition) is 3. The fourth-order valence-corrected chi connectivity index (χ4v) is 2.00. The number of nitrogens with two attached hydrogens (primary N) is 1. The SMILES string of the molecule is NNC(=O)c1occc1CSc1ncc[nH]1. The van der Waals surface area contributed by atoms with Gasteiger partial charge in [-0.05, 0) is 6.07 Å². The Balaban J connectivity index is 2.04. The lowest BCUT2D eigenvalue weighted by atomic mass is 10.3. The zero-order chi connectivity index (χ0) is 11.4. The molecule has 6 nitrogen and oxygen atoms in total. The highest BCUT2D eigenvalue weighted by Crippen LogP contribution is 2.21. The predicted molar refractivity (Wildman–Crippen MR) is 58.5 cm³/mol. The maximum Gasteiger partial charge on any atom is 0.301 e. The molecule has 4 N–H and O–H groups in total. The van der Waals surface area contributed by atoms with Crippen molar-refractivity contribution in [2.24, 2.45) is 5.84 Å². The number of rotatable bonds is 4. The maximum atomic E-state index is 11.3. The van der Waals surface area contributed by atoms with Crippen molar-refractivity contribution in [1.29, 1.82) is 0 Å². The van der Waals surface area contributed by atoms with Gasteiger partial charge in [-0.2, -0.15) is 0 Å². The summed E-state index contributed by atoms with van der Waals surface area (Å²) in [6.45, 7) is 0. The molecule has 2 heterocycles. The summed E-state index contributed by atoms with van der Waals surface area (Å²) in [6, 6.07) is 1.74. The van der Waals surface area contributed by atoms with Gasteiger partial charge in [0, 0.05) is 23.7 Å². The second-order valence-corrected chi connectivity index (χ2v) is 3.90. The Labute approximate surface area is 95.6 Å². The summed E-state index contributed by atoms with van der Waals surface area (Å²) in [5.74, 6) is 5.44. The van der Waals surface area contributed by atoms with Crippen LogP contribution in [0.3, 0.4) is 0 Å². The van der Waals surface area contributed by atoms with Gasteiger partial charge in [0.25, 0.3) is 0 Å². The third-order valence-electron chi connectivity index (χ3n) is 1.92. The Hall–Kier alpha value is -1.73. The van der Waals surface area contributed by atoms with Crippen LogP contribution in [-0.4, -0.2) is 15.9 Å². The number of aromatic amines is 1. The molecular formula is C9H10N4O2S. The molecular weight excluding hydrogens is 228 g/mol. The van der Waals surface area contributed by atoms with Crippen LogP contribution in [0, 0.1) is 0 Å². The first-order valence-corrected chi connectivity index (χ1v) is 5.49. The highest BCUT2D eigenvalue weighted by atomic mass is 32.2. The van der Waals surface area contributed by atoms with E-state index in [1.54, 1.807) is 18.5 Å². The number of imidazole rings is 1. The molecule has 2 aromatic heterocycles. The summed E-state index contributed by atoms with van der Waals surface area (Å²) in [5, 5.41) is 0.792. The first-order valence-electron chi connectivity index (χ1n) is 4.50. The van der Waals surface area contributed by atoms with Gasteiger partial charge in [-0.25, -0.2) is 10.8 Å². The zero-order valence-electron chi connectivity index (χ0n) is 8.27. The highest BCUT2D eigenvalue weighted by Gasteiger charge is 2.14. The Bertz CT molecular complexity index is 466. The van der Waals surface area contributed by atoms with E-state index in [1.165, 1.54) is 18.0 Å². The molecule has 7 heteroatoms. The summed E-state index contributed by atoms with van der Waals surface area (Å²) in [4.78, 5) is 18.3. The van der Waals surface area contributed by atoms with E-state index in [9.17, 15) is 4.79 Å². The first kappa shape index (κ1) is 10.8. The van der Waals surface area contributed by atoms with Crippen molar-refractivity contribution >= 4 is 17.7 Å². The van der Waals surface area contributed by atoms with Crippen molar-refractivity contribution in [2.45, 2.75) is 10.9 Å². The highest BCUT2D eigenvalue weighted by molar-refractivity contribution is 7.98. The van der Waals surface area contributed by atoms with Gasteiger partial charge in [-0.15, -0.1) is 0 Å². The third-order valence-corrected chi connectivity index (χ3v) is 2.87. The van der Waals surface area contributed by atoms with Gasteiger partial charge in [0.1, 0.15) is 0 Å². The summed E-state index contributed by atoms with van der Waals surface area (Å²) < 4.78 is 5.05. The first-order chi connectivity index (χ1) is 7.81. The number of hydrogen-bond acceptors (Lipinski definition) is 5. The van der Waals surface area contributed by atoms with Crippen LogP contribution in [0.5, 0.6) is 0 Å². The van der Waals surface area contributed by atoms with Crippen molar-refractivity contribution in [3.63, 3.8) is 0 Å². The Morgan fingerprint density at radius 3 is 3.25 bits per heavy atom. The van der Waals surface area contributed by atoms with E-state index in [0.717, 1.165) is 10.7 Å². The molecule has 0 unspecified atom stereocenters. The lowest BCUT2D eigenvalue weighted by molar-refractivity contribution is 0.0925. The van der Waals surface area contributed by atoms with Crippen LogP contribution in [0.2, 0.25) is 0 Å². The number of nitrogens with zero attached hydrogens (tertiary/aromatic N) is 1. The lowest BCUT2D eigenvalue weighted by Crippen LogP contribution is -2.30. The smallest absolute Gasteiger partial charge is 0.301 e. The van der Waals surface area contributed by atoms with Gasteiger partial charge in [0.15, 0.2) is 10.9 Å². The molecule has 0 aliphatic heterocycles. The number of thioether (sulfide) groups is 1. The van der Waals surface area contributed by atoms with Crippen molar-refractivity contribution in [1.82, 2.24) is 15.4 Å². The average Bonchev–Trinajstić information content (AvgIpc) is 2.96. The standard InChI is InChI=1S/C9H10N4O2S/c10-13-8(14)7-6(1-4-15-7)5-16-9-11-2-3-12-9/h1-4H,5,10H2,(H,11,12)(H,13,14). The molecule has 0 saturated carbocycles. The molecule has 0 aromatic carbocycles. The fraction of sp³-hybridized carbons (Fsp3) is 0.111. The number of hydrazine groups is 1. The van der Waals surface area contributed by atoms with E-state index in [0.29, 0.717) is 5.75 Å². The minimum absolute atomic E-state index is 0.238. The van der Waals surface area contributed by atoms with Crippen molar-refractivity contribution in [2.75, 3.05) is 0 Å². The number of carbonyl (C=O) groups is 1. The number of furan rings is 1. The minimum atomic E-state index is -0.431. The van der Waals surface area contributed by atoms with Crippen LogP contribution in [-0.2, 0) is 5.75 Å². The Morgan fingerprint density at radius 2 is 2.56 bits per heavy atom. The summed E-state index contributed by atoms with van der Waals surface area (Å²) in [7, 11) is 0. The van der Waals surface area contributed by atoms with Gasteiger partial charge in [0.2, 0.25) is 0 Å². The fourth-order valence-electron chi connectivity index (χ4n) is 1.19. The quantitative estimate of drug-likeness (QED) is 0.318. The maximum absolute atomic E-state index is 11.3. The topological polar surface area (TPSA) is 96.9 Å². The summed E-state index contributed by atoms with van der Waals surface area (Å²) in [5.41, 5.74) is 2.82. The van der Waals surface area contributed by atoms with Crippen LogP contribution in [0.1, 0.15) is 16.1 Å². The van der Waals surface area contributed by atoms with Crippen molar-refractivity contribution < 1.29 is 9.21 Å². The van der Waals surface area contributed by atoms with Crippen molar-refractivity contribution in [3.8, 4) is 0 Å². The second-order valence-electron chi connectivity index (χ2n) is 2.93. The normalized spacial score (nSPS) is 10.3. The molecule has 0 aliphatic carbocycles. The number of H-pyrrole nitrogens is 1. The van der Waals surface area contributed by atoms with Gasteiger partial charge >= 0.3 is 5.91 Å². The molecule has 0 bridgehead atoms. The lowest BCUT2D eigenvalue weighted by Gasteiger charge is -1.99. The molecule has 0 saturated heterocycles. The molecule has 2 rings (SSSR count). The molecule has 0 radical (unpaired) electrons. The predicted octanol–water partition coefficient (Wildman–Crippen LogP) is 0.898. The molecule has 2 aromatic rings. The van der Waals surface area contributed by atoms with E-state index in [-0.39, 0.29) is 5.76 Å². The number of carbonyl (C=O) groups excluding carboxylic acids is 1. The molecule has 1 amide bonds. The molecule has 84 valence electrons. The largest absolute Gasteiger partial charge is 0.459 e. The summed E-state index contributed by atoms with van der Waals surface area (Å²) >= 11 is 1.48. The van der Waals surface area contributed by atoms with Crippen LogP contribution in [0.4, 0.5) is 0 Å². The zero-order valence-corrected chi connectivity index (χ0v) is 9.08. The van der Waals surface area contributed by atoms with Crippen LogP contribution in [0.25, 0.3) is 0 Å². The van der Waals surface area contributed by atoms with Gasteiger partial charge in [-0.3, -0.25) is 10.2 Å². The number of aromatic nitrogens is 2. The van der Waals surface area contributed by atoms with E-state index < -0.39 is 5.91 Å². The Kier molecular flexibility index (Phi) is 3.28. The second kappa shape index (κ2) is 4.86. The molecule has 0 atom stereocenters. The Morgan fingerprint density at radius 1 is 1.69 bits per heavy atom. The minimum Gasteiger partial charge on any atom is -0.459 e. The number of nitrogens with one attached hydrogen (secondary N) is 2. The average molecular weight is 238 g/mol. The van der Waals surface area contributed by atoms with E-state index in [4.69, 9.17) is 10.3 Å². The number of nitrogen functional groups attached to an aromatic ring is 1. The van der Waals surface area contributed by atoms with Crippen LogP contribution >= 0.6 is 11.8 Å². The van der Waals surface area contributed by atoms with E-state index in [1.807, 2.05) is 5.43 Å². The van der Waals surface area contributed by atoms with Crippen LogP contribution < -0.4 is 11.3 Å². The van der Waals surface area contributed by atoms with Gasteiger partial charge in [0.05, 0.1) is 6.26 Å². The molecule has 0 aliphatic rings. The number of amides is 1. The van der Waals surface area contributed by atoms with E-state index in [2.05, 4.69) is 9.97 Å². The monoisotopic (exact) mass is 238 g/mol. The summed E-state index contributed by atoms with van der Waals surface area (Å²) in [6.07, 6.45) is 4.87.